The van der Waals surface area contributed by atoms with Crippen molar-refractivity contribution in [2.75, 3.05) is 13.1 Å². The summed E-state index contributed by atoms with van der Waals surface area (Å²) >= 11 is 0. The molecule has 4 fully saturated rings. The zero-order valence-electron chi connectivity index (χ0n) is 11.2. The first kappa shape index (κ1) is 11.3. The molecule has 18 heavy (non-hydrogen) atoms. The third-order valence-electron chi connectivity index (χ3n) is 5.82. The molecular weight excluding hydrogens is 224 g/mol. The second-order valence-electron chi connectivity index (χ2n) is 6.75. The fourth-order valence-electron chi connectivity index (χ4n) is 5.11. The lowest BCUT2D eigenvalue weighted by Crippen LogP contribution is -2.68. The van der Waals surface area contributed by atoms with Crippen molar-refractivity contribution in [2.45, 2.75) is 63.6 Å². The summed E-state index contributed by atoms with van der Waals surface area (Å²) in [6.07, 6.45) is 10.4. The third-order valence-corrected chi connectivity index (χ3v) is 5.82. The van der Waals surface area contributed by atoms with Crippen LogP contribution in [0.4, 0.5) is 0 Å². The lowest BCUT2D eigenvalue weighted by Gasteiger charge is -2.59. The van der Waals surface area contributed by atoms with Crippen LogP contribution >= 0.6 is 0 Å². The van der Waals surface area contributed by atoms with Crippen molar-refractivity contribution < 1.29 is 4.79 Å². The summed E-state index contributed by atoms with van der Waals surface area (Å²) in [7, 11) is 0. The summed E-state index contributed by atoms with van der Waals surface area (Å²) in [5, 5.41) is 0. The van der Waals surface area contributed by atoms with E-state index in [2.05, 4.69) is 9.80 Å². The van der Waals surface area contributed by atoms with E-state index >= 15 is 0 Å². The fraction of sp³-hybridized carbons (Fsp3) is 0.933. The lowest BCUT2D eigenvalue weighted by atomic mass is 9.70. The van der Waals surface area contributed by atoms with Crippen LogP contribution in [0, 0.1) is 11.8 Å². The van der Waals surface area contributed by atoms with Crippen LogP contribution in [0.25, 0.3) is 0 Å². The van der Waals surface area contributed by atoms with E-state index in [1.54, 1.807) is 0 Å². The largest absolute Gasteiger partial charge is 0.323 e. The molecule has 100 valence electrons. The van der Waals surface area contributed by atoms with Gasteiger partial charge < -0.3 is 4.90 Å². The maximum absolute atomic E-state index is 12.4. The smallest absolute Gasteiger partial charge is 0.224 e. The highest BCUT2D eigenvalue weighted by molar-refractivity contribution is 5.78. The van der Waals surface area contributed by atoms with E-state index in [9.17, 15) is 4.79 Å². The molecule has 1 amide bonds. The van der Waals surface area contributed by atoms with Crippen molar-refractivity contribution in [1.29, 1.82) is 0 Å². The van der Waals surface area contributed by atoms with Gasteiger partial charge in [0, 0.05) is 25.6 Å². The number of hydrogen-bond donors (Lipinski definition) is 0. The molecule has 3 saturated heterocycles. The highest BCUT2D eigenvalue weighted by Crippen LogP contribution is 2.45. The van der Waals surface area contributed by atoms with E-state index in [4.69, 9.17) is 0 Å². The first-order valence-corrected chi connectivity index (χ1v) is 7.90. The van der Waals surface area contributed by atoms with Gasteiger partial charge in [-0.25, -0.2) is 0 Å². The van der Waals surface area contributed by atoms with Gasteiger partial charge in [0.15, 0.2) is 0 Å². The van der Waals surface area contributed by atoms with Crippen LogP contribution in [0.5, 0.6) is 0 Å². The molecule has 1 saturated carbocycles. The predicted molar refractivity (Wildman–Crippen MR) is 69.9 cm³/mol. The molecule has 0 unspecified atom stereocenters. The van der Waals surface area contributed by atoms with Gasteiger partial charge in [-0.2, -0.15) is 0 Å². The number of hydrogen-bond acceptors (Lipinski definition) is 2. The molecule has 4 atom stereocenters. The maximum atomic E-state index is 12.4. The molecule has 0 spiro atoms. The van der Waals surface area contributed by atoms with Crippen molar-refractivity contribution >= 4 is 5.91 Å². The van der Waals surface area contributed by atoms with E-state index in [-0.39, 0.29) is 0 Å². The fourth-order valence-corrected chi connectivity index (χ4v) is 5.11. The van der Waals surface area contributed by atoms with E-state index in [0.717, 1.165) is 18.3 Å². The molecule has 4 aliphatic rings. The van der Waals surface area contributed by atoms with Crippen molar-refractivity contribution in [3.05, 3.63) is 0 Å². The van der Waals surface area contributed by atoms with Gasteiger partial charge >= 0.3 is 0 Å². The molecule has 3 heteroatoms. The number of carbonyl (C=O) groups is 1. The van der Waals surface area contributed by atoms with Crippen molar-refractivity contribution in [3.8, 4) is 0 Å². The topological polar surface area (TPSA) is 23.6 Å². The molecule has 0 aromatic heterocycles. The summed E-state index contributed by atoms with van der Waals surface area (Å²) < 4.78 is 0. The zero-order chi connectivity index (χ0) is 12.1. The van der Waals surface area contributed by atoms with Crippen LogP contribution in [-0.2, 0) is 4.79 Å². The Morgan fingerprint density at radius 1 is 0.944 bits per heavy atom. The number of carbonyl (C=O) groups excluding carboxylic acids is 1. The Hall–Kier alpha value is -0.570. The number of amides is 1. The Kier molecular flexibility index (Phi) is 2.65. The molecule has 3 aliphatic heterocycles. The van der Waals surface area contributed by atoms with Gasteiger partial charge in [-0.1, -0.05) is 6.42 Å². The third kappa shape index (κ3) is 1.56. The van der Waals surface area contributed by atoms with E-state index in [1.165, 1.54) is 58.0 Å². The summed E-state index contributed by atoms with van der Waals surface area (Å²) in [6.45, 7) is 2.50. The van der Waals surface area contributed by atoms with Gasteiger partial charge in [0.05, 0.1) is 6.17 Å². The van der Waals surface area contributed by atoms with Gasteiger partial charge in [-0.3, -0.25) is 9.69 Å². The van der Waals surface area contributed by atoms with Crippen molar-refractivity contribution in [1.82, 2.24) is 9.80 Å². The normalized spacial score (nSPS) is 44.4. The number of piperidine rings is 2. The second kappa shape index (κ2) is 4.22. The van der Waals surface area contributed by atoms with Crippen molar-refractivity contribution in [3.63, 3.8) is 0 Å². The summed E-state index contributed by atoms with van der Waals surface area (Å²) in [4.78, 5) is 17.4. The van der Waals surface area contributed by atoms with Crippen LogP contribution in [0.2, 0.25) is 0 Å². The molecule has 1 aliphatic carbocycles. The number of nitrogens with zero attached hydrogens (tertiary/aromatic N) is 2. The van der Waals surface area contributed by atoms with Crippen molar-refractivity contribution in [2.24, 2.45) is 11.8 Å². The molecule has 0 N–H and O–H groups in total. The average Bonchev–Trinajstić information content (AvgIpc) is 2.41. The predicted octanol–water partition coefficient (Wildman–Crippen LogP) is 2.22. The van der Waals surface area contributed by atoms with Crippen LogP contribution in [0.15, 0.2) is 0 Å². The summed E-state index contributed by atoms with van der Waals surface area (Å²) in [5.41, 5.74) is 0. The molecule has 0 radical (unpaired) electrons. The molecular formula is C15H24N2O. The lowest BCUT2D eigenvalue weighted by molar-refractivity contribution is -0.169. The quantitative estimate of drug-likeness (QED) is 0.656. The van der Waals surface area contributed by atoms with Gasteiger partial charge in [-0.05, 0) is 50.4 Å². The monoisotopic (exact) mass is 248 g/mol. The van der Waals surface area contributed by atoms with Gasteiger partial charge in [0.2, 0.25) is 5.91 Å². The van der Waals surface area contributed by atoms with E-state index in [1.807, 2.05) is 0 Å². The Balaban J connectivity index is 1.68. The molecule has 0 aromatic rings. The standard InChI is InChI=1S/C15H24N2O/c18-14-8-7-11-4-3-5-12-10-16-9-2-1-6-13(16)17(14)15(11)12/h11-13,15H,1-10H2/t11-,12-,13+,15+/m0/s1. The first-order valence-electron chi connectivity index (χ1n) is 7.90. The average molecular weight is 248 g/mol. The number of fused-ring (bicyclic) bond motifs is 2. The molecule has 3 nitrogen and oxygen atoms in total. The number of rotatable bonds is 0. The van der Waals surface area contributed by atoms with Gasteiger partial charge in [-0.15, -0.1) is 0 Å². The van der Waals surface area contributed by atoms with Crippen LogP contribution in [0.1, 0.15) is 51.4 Å². The highest BCUT2D eigenvalue weighted by Gasteiger charge is 2.50. The van der Waals surface area contributed by atoms with Crippen LogP contribution < -0.4 is 0 Å². The highest BCUT2D eigenvalue weighted by atomic mass is 16.2. The molecule has 0 bridgehead atoms. The van der Waals surface area contributed by atoms with Gasteiger partial charge in [0.25, 0.3) is 0 Å². The minimum Gasteiger partial charge on any atom is -0.323 e. The SMILES string of the molecule is O=C1CC[C@@H]2CCC[C@H]3CN4CCCC[C@H]4N1[C@H]23. The minimum atomic E-state index is 0.458. The van der Waals surface area contributed by atoms with Crippen LogP contribution in [0.3, 0.4) is 0 Å². The zero-order valence-corrected chi connectivity index (χ0v) is 11.2. The first-order chi connectivity index (χ1) is 8.84. The Morgan fingerprint density at radius 2 is 1.83 bits per heavy atom. The molecule has 4 rings (SSSR count). The van der Waals surface area contributed by atoms with E-state index < -0.39 is 0 Å². The van der Waals surface area contributed by atoms with Gasteiger partial charge in [0.1, 0.15) is 0 Å². The molecule has 0 aromatic carbocycles. The minimum absolute atomic E-state index is 0.458. The summed E-state index contributed by atoms with van der Waals surface area (Å²) in [5.74, 6) is 2.06. The Labute approximate surface area is 110 Å². The van der Waals surface area contributed by atoms with E-state index in [0.29, 0.717) is 18.1 Å². The molecule has 3 heterocycles. The van der Waals surface area contributed by atoms with Crippen LogP contribution in [-0.4, -0.2) is 41.0 Å². The second-order valence-corrected chi connectivity index (χ2v) is 6.75. The Morgan fingerprint density at radius 3 is 2.78 bits per heavy atom. The summed E-state index contributed by atoms with van der Waals surface area (Å²) in [6, 6.07) is 0.611. The maximum Gasteiger partial charge on any atom is 0.224 e. The Bertz CT molecular complexity index is 356.